The summed E-state index contributed by atoms with van der Waals surface area (Å²) in [6.07, 6.45) is 5.14. The van der Waals surface area contributed by atoms with Gasteiger partial charge in [0.2, 0.25) is 5.28 Å². The molecule has 1 aliphatic carbocycles. The van der Waals surface area contributed by atoms with E-state index in [1.807, 2.05) is 16.8 Å². The molecule has 0 atom stereocenters. The number of likely N-dealkylation sites (N-methyl/N-ethyl adjacent to an activating group) is 1. The van der Waals surface area contributed by atoms with Crippen molar-refractivity contribution in [2.24, 2.45) is 0 Å². The van der Waals surface area contributed by atoms with Gasteiger partial charge in [-0.25, -0.2) is 4.98 Å². The number of ether oxygens (including phenoxy) is 1. The Morgan fingerprint density at radius 3 is 2.76 bits per heavy atom. The minimum Gasteiger partial charge on any atom is -0.381 e. The van der Waals surface area contributed by atoms with Gasteiger partial charge in [0.1, 0.15) is 11.2 Å². The van der Waals surface area contributed by atoms with Crippen molar-refractivity contribution in [3.63, 3.8) is 0 Å². The van der Waals surface area contributed by atoms with Crippen molar-refractivity contribution in [2.45, 2.75) is 37.3 Å². The van der Waals surface area contributed by atoms with Gasteiger partial charge in [0, 0.05) is 39.1 Å². The summed E-state index contributed by atoms with van der Waals surface area (Å²) in [5.41, 5.74) is 0.234. The summed E-state index contributed by atoms with van der Waals surface area (Å²) in [5.74, 6) is 0.914. The fourth-order valence-electron chi connectivity index (χ4n) is 3.40. The Balaban J connectivity index is 1.87. The maximum atomic E-state index is 13.2. The molecule has 1 spiro atoms. The standard InChI is InChI=1S/C14H17ClN4O2/c1-18-11-10(8-16-13(15)17-11)19(9-2-3-9)12(20)14(18)4-6-21-7-5-14/h8-9H,2-7H2,1H3. The first kappa shape index (κ1) is 13.3. The minimum atomic E-state index is -0.550. The van der Waals surface area contributed by atoms with Crippen LogP contribution in [0.25, 0.3) is 0 Å². The summed E-state index contributed by atoms with van der Waals surface area (Å²) in [6, 6.07) is 0.287. The van der Waals surface area contributed by atoms with Crippen molar-refractivity contribution in [1.29, 1.82) is 0 Å². The van der Waals surface area contributed by atoms with Crippen LogP contribution >= 0.6 is 11.6 Å². The lowest BCUT2D eigenvalue weighted by Gasteiger charge is -2.50. The normalized spacial score (nSPS) is 24.4. The summed E-state index contributed by atoms with van der Waals surface area (Å²) in [5, 5.41) is 0.216. The second-order valence-electron chi connectivity index (χ2n) is 5.96. The van der Waals surface area contributed by atoms with Crippen LogP contribution < -0.4 is 9.80 Å². The predicted octanol–water partition coefficient (Wildman–Crippen LogP) is 1.62. The Labute approximate surface area is 128 Å². The molecule has 21 heavy (non-hydrogen) atoms. The van der Waals surface area contributed by atoms with E-state index in [1.54, 1.807) is 6.20 Å². The maximum Gasteiger partial charge on any atom is 0.253 e. The van der Waals surface area contributed by atoms with E-state index in [9.17, 15) is 4.79 Å². The minimum absolute atomic E-state index is 0.161. The molecule has 2 fully saturated rings. The average molecular weight is 309 g/mol. The van der Waals surface area contributed by atoms with Crippen LogP contribution in [0.3, 0.4) is 0 Å². The number of anilines is 2. The van der Waals surface area contributed by atoms with Gasteiger partial charge in [0.25, 0.3) is 5.91 Å². The Kier molecular flexibility index (Phi) is 2.87. The number of hydrogen-bond acceptors (Lipinski definition) is 5. The van der Waals surface area contributed by atoms with Gasteiger partial charge in [-0.15, -0.1) is 0 Å². The van der Waals surface area contributed by atoms with Crippen LogP contribution in [0.15, 0.2) is 6.20 Å². The van der Waals surface area contributed by atoms with Gasteiger partial charge in [-0.3, -0.25) is 4.79 Å². The molecule has 2 aliphatic heterocycles. The molecule has 0 radical (unpaired) electrons. The molecule has 112 valence electrons. The zero-order chi connectivity index (χ0) is 14.6. The van der Waals surface area contributed by atoms with Gasteiger partial charge in [-0.05, 0) is 24.4 Å². The monoisotopic (exact) mass is 308 g/mol. The molecular weight excluding hydrogens is 292 g/mol. The lowest BCUT2D eigenvalue weighted by Crippen LogP contribution is -2.65. The number of carbonyl (C=O) groups is 1. The maximum absolute atomic E-state index is 13.2. The molecule has 4 rings (SSSR count). The lowest BCUT2D eigenvalue weighted by atomic mass is 9.84. The summed E-state index contributed by atoms with van der Waals surface area (Å²) in [4.78, 5) is 25.5. The van der Waals surface area contributed by atoms with Gasteiger partial charge < -0.3 is 14.5 Å². The molecule has 0 bridgehead atoms. The second kappa shape index (κ2) is 4.55. The number of fused-ring (bicyclic) bond motifs is 1. The molecule has 1 saturated heterocycles. The van der Waals surface area contributed by atoms with E-state index >= 15 is 0 Å². The number of aromatic nitrogens is 2. The quantitative estimate of drug-likeness (QED) is 0.738. The highest BCUT2D eigenvalue weighted by Crippen LogP contribution is 2.46. The summed E-state index contributed by atoms with van der Waals surface area (Å²) in [7, 11) is 1.93. The number of amides is 1. The van der Waals surface area contributed by atoms with Gasteiger partial charge >= 0.3 is 0 Å². The number of carbonyl (C=O) groups excluding carboxylic acids is 1. The molecule has 1 saturated carbocycles. The first-order valence-corrected chi connectivity index (χ1v) is 7.69. The van der Waals surface area contributed by atoms with E-state index in [-0.39, 0.29) is 17.2 Å². The van der Waals surface area contributed by atoms with Gasteiger partial charge in [0.15, 0.2) is 5.82 Å². The molecule has 6 nitrogen and oxygen atoms in total. The van der Waals surface area contributed by atoms with E-state index in [2.05, 4.69) is 9.97 Å². The SMILES string of the molecule is CN1c2nc(Cl)ncc2N(C2CC2)C(=O)C12CCOCC2. The van der Waals surface area contributed by atoms with Crippen LogP contribution in [-0.4, -0.2) is 47.7 Å². The summed E-state index contributed by atoms with van der Waals surface area (Å²) in [6.45, 7) is 1.20. The largest absolute Gasteiger partial charge is 0.381 e. The highest BCUT2D eigenvalue weighted by Gasteiger charge is 2.54. The summed E-state index contributed by atoms with van der Waals surface area (Å²) >= 11 is 5.97. The van der Waals surface area contributed by atoms with Crippen molar-refractivity contribution in [3.05, 3.63) is 11.5 Å². The number of rotatable bonds is 1. The van der Waals surface area contributed by atoms with Crippen molar-refractivity contribution in [3.8, 4) is 0 Å². The van der Waals surface area contributed by atoms with Gasteiger partial charge in [-0.1, -0.05) is 0 Å². The molecular formula is C14H17ClN4O2. The Hall–Kier alpha value is -1.40. The molecule has 3 heterocycles. The van der Waals surface area contributed by atoms with Gasteiger partial charge in [0.05, 0.1) is 6.20 Å². The molecule has 0 unspecified atom stereocenters. The van der Waals surface area contributed by atoms with E-state index in [0.29, 0.717) is 26.1 Å². The molecule has 7 heteroatoms. The molecule has 0 aromatic carbocycles. The highest BCUT2D eigenvalue weighted by molar-refractivity contribution is 6.28. The first-order valence-electron chi connectivity index (χ1n) is 7.31. The van der Waals surface area contributed by atoms with Crippen LogP contribution in [0, 0.1) is 0 Å². The second-order valence-corrected chi connectivity index (χ2v) is 6.30. The Morgan fingerprint density at radius 2 is 2.10 bits per heavy atom. The fourth-order valence-corrected chi connectivity index (χ4v) is 3.52. The van der Waals surface area contributed by atoms with Crippen molar-refractivity contribution in [1.82, 2.24) is 9.97 Å². The van der Waals surface area contributed by atoms with Crippen molar-refractivity contribution in [2.75, 3.05) is 30.1 Å². The lowest BCUT2D eigenvalue weighted by molar-refractivity contribution is -0.127. The third kappa shape index (κ3) is 1.85. The molecule has 1 aromatic heterocycles. The van der Waals surface area contributed by atoms with Crippen molar-refractivity contribution >= 4 is 29.0 Å². The zero-order valence-corrected chi connectivity index (χ0v) is 12.6. The van der Waals surface area contributed by atoms with Crippen LogP contribution in [0.4, 0.5) is 11.5 Å². The van der Waals surface area contributed by atoms with Crippen molar-refractivity contribution < 1.29 is 9.53 Å². The molecule has 1 amide bonds. The predicted molar refractivity (Wildman–Crippen MR) is 78.7 cm³/mol. The summed E-state index contributed by atoms with van der Waals surface area (Å²) < 4.78 is 5.46. The van der Waals surface area contributed by atoms with Gasteiger partial charge in [-0.2, -0.15) is 4.98 Å². The first-order chi connectivity index (χ1) is 10.1. The molecule has 0 N–H and O–H groups in total. The smallest absolute Gasteiger partial charge is 0.253 e. The van der Waals surface area contributed by atoms with E-state index in [1.165, 1.54) is 0 Å². The Bertz CT molecular complexity index is 599. The number of halogens is 1. The van der Waals surface area contributed by atoms with E-state index < -0.39 is 5.54 Å². The number of nitrogens with zero attached hydrogens (tertiary/aromatic N) is 4. The fraction of sp³-hybridized carbons (Fsp3) is 0.643. The third-order valence-electron chi connectivity index (χ3n) is 4.79. The molecule has 3 aliphatic rings. The molecule has 1 aromatic rings. The third-order valence-corrected chi connectivity index (χ3v) is 4.97. The van der Waals surface area contributed by atoms with E-state index in [4.69, 9.17) is 16.3 Å². The van der Waals surface area contributed by atoms with Crippen LogP contribution in [0.5, 0.6) is 0 Å². The van der Waals surface area contributed by atoms with Crippen LogP contribution in [0.1, 0.15) is 25.7 Å². The number of hydrogen-bond donors (Lipinski definition) is 0. The Morgan fingerprint density at radius 1 is 1.38 bits per heavy atom. The average Bonchev–Trinajstić information content (AvgIpc) is 3.32. The van der Waals surface area contributed by atoms with Crippen LogP contribution in [-0.2, 0) is 9.53 Å². The van der Waals surface area contributed by atoms with Crippen LogP contribution in [0.2, 0.25) is 5.28 Å². The highest BCUT2D eigenvalue weighted by atomic mass is 35.5. The topological polar surface area (TPSA) is 58.6 Å². The zero-order valence-electron chi connectivity index (χ0n) is 11.9. The van der Waals surface area contributed by atoms with E-state index in [0.717, 1.165) is 24.3 Å².